The maximum atomic E-state index is 10.7. The van der Waals surface area contributed by atoms with Crippen LogP contribution in [0.25, 0.3) is 0 Å². The molecule has 29 heavy (non-hydrogen) atoms. The zero-order chi connectivity index (χ0) is 21.2. The number of aliphatic hydroxyl groups is 1. The summed E-state index contributed by atoms with van der Waals surface area (Å²) in [5.41, 5.74) is 1.18. The molecule has 0 aromatic heterocycles. The van der Waals surface area contributed by atoms with Crippen LogP contribution in [0.3, 0.4) is 0 Å². The maximum Gasteiger partial charge on any atom is 0.303 e. The first-order chi connectivity index (χ1) is 14.1. The molecule has 166 valence electrons. The summed E-state index contributed by atoms with van der Waals surface area (Å²) in [6.07, 6.45) is 13.9. The predicted molar refractivity (Wildman–Crippen MR) is 119 cm³/mol. The number of carbonyl (C=O) groups is 1. The molecule has 1 aromatic rings. The van der Waals surface area contributed by atoms with Crippen LogP contribution in [-0.2, 0) is 16.1 Å². The van der Waals surface area contributed by atoms with E-state index >= 15 is 0 Å². The molecule has 0 fully saturated rings. The number of aliphatic hydroxyl groups excluding tert-OH is 1. The highest BCUT2D eigenvalue weighted by Crippen LogP contribution is 2.18. The molecule has 0 radical (unpaired) electrons. The molecular weight excluding hydrogens is 364 g/mol. The lowest BCUT2D eigenvalue weighted by Gasteiger charge is -2.18. The fourth-order valence-electron chi connectivity index (χ4n) is 3.63. The standard InChI is InChI=1S/C25H42O4/c1-2-3-7-16-23(26)17-10-4-5-11-18-24(19-12-13-20-25(27)28)29-21-22-14-8-6-9-15-22/h6,8-9,14-15,23-24,26H,2-5,7,10-13,16-21H2,1H3,(H,27,28). The number of rotatable bonds is 19. The molecule has 0 aliphatic carbocycles. The number of ether oxygens (including phenoxy) is 1. The summed E-state index contributed by atoms with van der Waals surface area (Å²) in [7, 11) is 0. The minimum atomic E-state index is -0.719. The third-order valence-electron chi connectivity index (χ3n) is 5.45. The van der Waals surface area contributed by atoms with Crippen molar-refractivity contribution < 1.29 is 19.7 Å². The second-order valence-electron chi connectivity index (χ2n) is 8.20. The first kappa shape index (κ1) is 25.6. The van der Waals surface area contributed by atoms with Crippen molar-refractivity contribution in [2.24, 2.45) is 0 Å². The van der Waals surface area contributed by atoms with Gasteiger partial charge in [-0.15, -0.1) is 0 Å². The third kappa shape index (κ3) is 15.2. The van der Waals surface area contributed by atoms with Gasteiger partial charge in [0.15, 0.2) is 0 Å². The number of unbranched alkanes of at least 4 members (excludes halogenated alkanes) is 6. The molecule has 0 amide bonds. The number of carboxylic acid groups (broad SMARTS) is 1. The first-order valence-corrected chi connectivity index (χ1v) is 11.7. The number of aliphatic carboxylic acids is 1. The fourth-order valence-corrected chi connectivity index (χ4v) is 3.63. The summed E-state index contributed by atoms with van der Waals surface area (Å²) < 4.78 is 6.15. The lowest BCUT2D eigenvalue weighted by molar-refractivity contribution is -0.137. The Morgan fingerprint density at radius 3 is 2.07 bits per heavy atom. The second kappa shape index (κ2) is 17.5. The molecule has 2 N–H and O–H groups in total. The lowest BCUT2D eigenvalue weighted by Crippen LogP contribution is -2.13. The van der Waals surface area contributed by atoms with E-state index in [1.54, 1.807) is 0 Å². The van der Waals surface area contributed by atoms with Crippen LogP contribution in [0.2, 0.25) is 0 Å². The van der Waals surface area contributed by atoms with Gasteiger partial charge in [-0.25, -0.2) is 0 Å². The van der Waals surface area contributed by atoms with E-state index < -0.39 is 5.97 Å². The van der Waals surface area contributed by atoms with Gasteiger partial charge < -0.3 is 14.9 Å². The van der Waals surface area contributed by atoms with Crippen LogP contribution in [0.4, 0.5) is 0 Å². The van der Waals surface area contributed by atoms with Gasteiger partial charge in [-0.1, -0.05) is 88.6 Å². The summed E-state index contributed by atoms with van der Waals surface area (Å²) in [6, 6.07) is 10.2. The summed E-state index contributed by atoms with van der Waals surface area (Å²) in [5.74, 6) is -0.719. The summed E-state index contributed by atoms with van der Waals surface area (Å²) in [4.78, 5) is 10.7. The normalized spacial score (nSPS) is 13.3. The van der Waals surface area contributed by atoms with Gasteiger partial charge in [-0.05, 0) is 37.7 Å². The average Bonchev–Trinajstić information content (AvgIpc) is 2.72. The Labute approximate surface area is 177 Å². The van der Waals surface area contributed by atoms with Crippen molar-refractivity contribution in [1.82, 2.24) is 0 Å². The van der Waals surface area contributed by atoms with Crippen LogP contribution in [0, 0.1) is 0 Å². The summed E-state index contributed by atoms with van der Waals surface area (Å²) in [5, 5.41) is 18.8. The Balaban J connectivity index is 2.20. The Kier molecular flexibility index (Phi) is 15.4. The van der Waals surface area contributed by atoms with Gasteiger partial charge in [0.25, 0.3) is 0 Å². The molecule has 0 saturated heterocycles. The van der Waals surface area contributed by atoms with Crippen LogP contribution >= 0.6 is 0 Å². The average molecular weight is 407 g/mol. The van der Waals surface area contributed by atoms with Crippen LogP contribution in [0.15, 0.2) is 30.3 Å². The molecule has 0 aliphatic rings. The Morgan fingerprint density at radius 2 is 1.45 bits per heavy atom. The van der Waals surface area contributed by atoms with E-state index in [-0.39, 0.29) is 18.6 Å². The van der Waals surface area contributed by atoms with Gasteiger partial charge in [0.1, 0.15) is 0 Å². The summed E-state index contributed by atoms with van der Waals surface area (Å²) >= 11 is 0. The fraction of sp³-hybridized carbons (Fsp3) is 0.720. The van der Waals surface area contributed by atoms with Crippen molar-refractivity contribution in [3.8, 4) is 0 Å². The first-order valence-electron chi connectivity index (χ1n) is 11.7. The largest absolute Gasteiger partial charge is 0.481 e. The van der Waals surface area contributed by atoms with Gasteiger partial charge in [0, 0.05) is 6.42 Å². The topological polar surface area (TPSA) is 66.8 Å². The third-order valence-corrected chi connectivity index (χ3v) is 5.45. The molecular formula is C25H42O4. The number of benzene rings is 1. The molecule has 0 saturated carbocycles. The molecule has 4 heteroatoms. The van der Waals surface area contributed by atoms with Crippen LogP contribution in [0.1, 0.15) is 102 Å². The smallest absolute Gasteiger partial charge is 0.303 e. The van der Waals surface area contributed by atoms with E-state index in [0.29, 0.717) is 6.61 Å². The molecule has 4 nitrogen and oxygen atoms in total. The van der Waals surface area contributed by atoms with Crippen LogP contribution in [0.5, 0.6) is 0 Å². The van der Waals surface area contributed by atoms with E-state index in [9.17, 15) is 9.90 Å². The molecule has 1 rings (SSSR count). The van der Waals surface area contributed by atoms with Gasteiger partial charge in [-0.3, -0.25) is 4.79 Å². The zero-order valence-electron chi connectivity index (χ0n) is 18.4. The Morgan fingerprint density at radius 1 is 0.862 bits per heavy atom. The molecule has 2 atom stereocenters. The van der Waals surface area contributed by atoms with Crippen LogP contribution in [-0.4, -0.2) is 28.4 Å². The molecule has 0 heterocycles. The van der Waals surface area contributed by atoms with Gasteiger partial charge in [0.05, 0.1) is 18.8 Å². The van der Waals surface area contributed by atoms with Crippen molar-refractivity contribution >= 4 is 5.97 Å². The maximum absolute atomic E-state index is 10.7. The van der Waals surface area contributed by atoms with E-state index in [0.717, 1.165) is 64.2 Å². The molecule has 1 aromatic carbocycles. The second-order valence-corrected chi connectivity index (χ2v) is 8.20. The van der Waals surface area contributed by atoms with Crippen molar-refractivity contribution in [3.63, 3.8) is 0 Å². The van der Waals surface area contributed by atoms with Gasteiger partial charge >= 0.3 is 5.97 Å². The van der Waals surface area contributed by atoms with E-state index in [4.69, 9.17) is 9.84 Å². The van der Waals surface area contributed by atoms with Crippen molar-refractivity contribution in [2.75, 3.05) is 0 Å². The van der Waals surface area contributed by atoms with Crippen LogP contribution < -0.4 is 0 Å². The van der Waals surface area contributed by atoms with Crippen molar-refractivity contribution in [1.29, 1.82) is 0 Å². The minimum Gasteiger partial charge on any atom is -0.481 e. The highest BCUT2D eigenvalue weighted by molar-refractivity contribution is 5.66. The quantitative estimate of drug-likeness (QED) is 0.257. The molecule has 0 aliphatic heterocycles. The summed E-state index contributed by atoms with van der Waals surface area (Å²) in [6.45, 7) is 2.81. The number of carboxylic acids is 1. The van der Waals surface area contributed by atoms with Crippen molar-refractivity contribution in [3.05, 3.63) is 35.9 Å². The molecule has 0 bridgehead atoms. The lowest BCUT2D eigenvalue weighted by atomic mass is 10.0. The van der Waals surface area contributed by atoms with E-state index in [2.05, 4.69) is 19.1 Å². The molecule has 0 spiro atoms. The Hall–Kier alpha value is -1.39. The predicted octanol–water partition coefficient (Wildman–Crippen LogP) is 6.50. The molecule has 2 unspecified atom stereocenters. The van der Waals surface area contributed by atoms with E-state index in [1.165, 1.54) is 24.8 Å². The van der Waals surface area contributed by atoms with Crippen molar-refractivity contribution in [2.45, 2.75) is 116 Å². The van der Waals surface area contributed by atoms with E-state index in [1.807, 2.05) is 18.2 Å². The highest BCUT2D eigenvalue weighted by atomic mass is 16.5. The zero-order valence-corrected chi connectivity index (χ0v) is 18.4. The number of hydrogen-bond donors (Lipinski definition) is 2. The Bertz CT molecular complexity index is 503. The monoisotopic (exact) mass is 406 g/mol. The van der Waals surface area contributed by atoms with Gasteiger partial charge in [-0.2, -0.15) is 0 Å². The highest BCUT2D eigenvalue weighted by Gasteiger charge is 2.10. The number of hydrogen-bond acceptors (Lipinski definition) is 3. The minimum absolute atomic E-state index is 0.127. The van der Waals surface area contributed by atoms with Gasteiger partial charge in [0.2, 0.25) is 0 Å². The SMILES string of the molecule is CCCCCC(O)CCCCCCC(CCCCC(=O)O)OCc1ccccc1.